The molecule has 7 heteroatoms. The molecule has 5 rings (SSSR count). The molecule has 2 atom stereocenters. The highest BCUT2D eigenvalue weighted by Crippen LogP contribution is 2.54. The van der Waals surface area contributed by atoms with Crippen molar-refractivity contribution in [3.05, 3.63) is 76.0 Å². The maximum absolute atomic E-state index is 13.3. The van der Waals surface area contributed by atoms with Crippen LogP contribution in [0.25, 0.3) is 0 Å². The zero-order valence-corrected chi connectivity index (χ0v) is 16.1. The first kappa shape index (κ1) is 17.1. The molecule has 140 valence electrons. The number of fused-ring (bicyclic) bond motifs is 2. The second kappa shape index (κ2) is 6.24. The van der Waals surface area contributed by atoms with Gasteiger partial charge in [0, 0.05) is 24.6 Å². The lowest BCUT2D eigenvalue weighted by Gasteiger charge is -2.34. The molecule has 1 spiro atoms. The third-order valence-electron chi connectivity index (χ3n) is 5.68. The number of anilines is 1. The average molecular weight is 390 g/mol. The summed E-state index contributed by atoms with van der Waals surface area (Å²) in [5.41, 5.74) is 1.82. The molecule has 1 aromatic carbocycles. The van der Waals surface area contributed by atoms with Gasteiger partial charge in [-0.25, -0.2) is 4.98 Å². The van der Waals surface area contributed by atoms with Gasteiger partial charge in [-0.1, -0.05) is 24.3 Å². The van der Waals surface area contributed by atoms with Gasteiger partial charge >= 0.3 is 0 Å². The summed E-state index contributed by atoms with van der Waals surface area (Å²) >= 11 is 1.38. The number of carbonyl (C=O) groups excluding carboxylic acids is 2. The maximum Gasteiger partial charge on any atom is 0.266 e. The number of thiazole rings is 1. The highest BCUT2D eigenvalue weighted by atomic mass is 32.1. The zero-order valence-electron chi connectivity index (χ0n) is 15.3. The summed E-state index contributed by atoms with van der Waals surface area (Å²) in [5, 5.41) is 3.87. The van der Waals surface area contributed by atoms with Crippen molar-refractivity contribution in [2.75, 3.05) is 11.9 Å². The van der Waals surface area contributed by atoms with Crippen LogP contribution in [-0.2, 0) is 10.2 Å². The van der Waals surface area contributed by atoms with Gasteiger partial charge in [0.25, 0.3) is 5.91 Å². The fourth-order valence-corrected chi connectivity index (χ4v) is 5.24. The molecule has 28 heavy (non-hydrogen) atoms. The van der Waals surface area contributed by atoms with Crippen LogP contribution in [0.15, 0.2) is 55.0 Å². The molecule has 0 saturated carbocycles. The summed E-state index contributed by atoms with van der Waals surface area (Å²) < 4.78 is 0. The number of pyridine rings is 1. The van der Waals surface area contributed by atoms with Gasteiger partial charge < -0.3 is 10.2 Å². The topological polar surface area (TPSA) is 75.2 Å². The molecule has 2 aromatic heterocycles. The molecule has 3 aromatic rings. The molecule has 4 heterocycles. The van der Waals surface area contributed by atoms with Crippen LogP contribution >= 0.6 is 11.3 Å². The van der Waals surface area contributed by atoms with Crippen LogP contribution in [0.2, 0.25) is 0 Å². The van der Waals surface area contributed by atoms with Crippen LogP contribution in [0, 0.1) is 6.92 Å². The van der Waals surface area contributed by atoms with E-state index in [2.05, 4.69) is 15.3 Å². The summed E-state index contributed by atoms with van der Waals surface area (Å²) in [6.45, 7) is 2.38. The second-order valence-corrected chi connectivity index (χ2v) is 8.39. The fourth-order valence-electron chi connectivity index (χ4n) is 4.51. The first-order chi connectivity index (χ1) is 13.6. The van der Waals surface area contributed by atoms with Gasteiger partial charge in [-0.15, -0.1) is 11.3 Å². The third kappa shape index (κ3) is 2.32. The number of rotatable bonds is 2. The molecule has 6 nitrogen and oxygen atoms in total. The smallest absolute Gasteiger partial charge is 0.266 e. The Hall–Kier alpha value is -3.06. The van der Waals surface area contributed by atoms with Crippen molar-refractivity contribution in [2.45, 2.75) is 24.8 Å². The second-order valence-electron chi connectivity index (χ2n) is 7.15. The first-order valence-corrected chi connectivity index (χ1v) is 9.97. The quantitative estimate of drug-likeness (QED) is 0.728. The number of amides is 2. The van der Waals surface area contributed by atoms with Gasteiger partial charge in [-0.3, -0.25) is 14.6 Å². The standard InChI is InChI=1S/C21H18N4O2S/c1-13-23-12-17(28-13)19(26)25-10-8-21(18(25)14-5-4-9-22-11-14)15-6-2-3-7-16(15)24-20(21)27/h2-7,9,11-12,18H,8,10H2,1H3,(H,24,27). The Labute approximate surface area is 166 Å². The van der Waals surface area contributed by atoms with E-state index in [1.165, 1.54) is 11.3 Å². The van der Waals surface area contributed by atoms with Crippen LogP contribution in [0.5, 0.6) is 0 Å². The molecule has 0 radical (unpaired) electrons. The van der Waals surface area contributed by atoms with Crippen molar-refractivity contribution in [3.63, 3.8) is 0 Å². The highest BCUT2D eigenvalue weighted by molar-refractivity contribution is 7.13. The number of hydrogen-bond acceptors (Lipinski definition) is 5. The van der Waals surface area contributed by atoms with Crippen molar-refractivity contribution in [3.8, 4) is 0 Å². The van der Waals surface area contributed by atoms with Crippen molar-refractivity contribution in [1.82, 2.24) is 14.9 Å². The maximum atomic E-state index is 13.3. The predicted octanol–water partition coefficient (Wildman–Crippen LogP) is 3.32. The number of hydrogen-bond donors (Lipinski definition) is 1. The van der Waals surface area contributed by atoms with Crippen molar-refractivity contribution >= 4 is 28.8 Å². The van der Waals surface area contributed by atoms with Gasteiger partial charge in [-0.2, -0.15) is 0 Å². The lowest BCUT2D eigenvalue weighted by Crippen LogP contribution is -2.42. The van der Waals surface area contributed by atoms with Crippen LogP contribution in [0.3, 0.4) is 0 Å². The van der Waals surface area contributed by atoms with Gasteiger partial charge in [-0.05, 0) is 36.6 Å². The van der Waals surface area contributed by atoms with E-state index in [0.29, 0.717) is 17.8 Å². The minimum atomic E-state index is -0.810. The lowest BCUT2D eigenvalue weighted by molar-refractivity contribution is -0.121. The Kier molecular flexibility index (Phi) is 3.80. The van der Waals surface area contributed by atoms with Gasteiger partial charge in [0.05, 0.1) is 17.2 Å². The molecule has 0 aliphatic carbocycles. The summed E-state index contributed by atoms with van der Waals surface area (Å²) in [7, 11) is 0. The van der Waals surface area contributed by atoms with Gasteiger partial charge in [0.1, 0.15) is 10.3 Å². The molecular weight excluding hydrogens is 372 g/mol. The number of para-hydroxylation sites is 1. The Balaban J connectivity index is 1.67. The summed E-state index contributed by atoms with van der Waals surface area (Å²) in [6.07, 6.45) is 5.64. The van der Waals surface area contributed by atoms with Crippen LogP contribution in [0.4, 0.5) is 5.69 Å². The Bertz CT molecular complexity index is 1080. The normalized spacial score (nSPS) is 23.1. The predicted molar refractivity (Wildman–Crippen MR) is 106 cm³/mol. The molecule has 2 unspecified atom stereocenters. The molecule has 2 amide bonds. The molecular formula is C21H18N4O2S. The van der Waals surface area contributed by atoms with Crippen LogP contribution in [0.1, 0.15) is 38.3 Å². The van der Waals surface area contributed by atoms with E-state index in [-0.39, 0.29) is 11.8 Å². The number of aryl methyl sites for hydroxylation is 1. The monoisotopic (exact) mass is 390 g/mol. The molecule has 0 bridgehead atoms. The Morgan fingerprint density at radius 1 is 1.25 bits per heavy atom. The van der Waals surface area contributed by atoms with E-state index in [1.807, 2.05) is 48.2 Å². The third-order valence-corrected chi connectivity index (χ3v) is 6.58. The minimum absolute atomic E-state index is 0.0571. The van der Waals surface area contributed by atoms with E-state index >= 15 is 0 Å². The Morgan fingerprint density at radius 3 is 2.86 bits per heavy atom. The average Bonchev–Trinajstić information content (AvgIpc) is 3.40. The zero-order chi connectivity index (χ0) is 19.3. The van der Waals surface area contributed by atoms with Gasteiger partial charge in [0.2, 0.25) is 5.91 Å². The fraction of sp³-hybridized carbons (Fsp3) is 0.238. The SMILES string of the molecule is Cc1ncc(C(=O)N2CCC3(C(=O)Nc4ccccc43)C2c2cccnc2)s1. The van der Waals surface area contributed by atoms with E-state index in [9.17, 15) is 9.59 Å². The van der Waals surface area contributed by atoms with Crippen molar-refractivity contribution < 1.29 is 9.59 Å². The summed E-state index contributed by atoms with van der Waals surface area (Å²) in [5.74, 6) is -0.146. The van der Waals surface area contributed by atoms with Crippen LogP contribution in [-0.4, -0.2) is 33.2 Å². The van der Waals surface area contributed by atoms with Crippen LogP contribution < -0.4 is 5.32 Å². The van der Waals surface area contributed by atoms with Crippen molar-refractivity contribution in [2.24, 2.45) is 0 Å². The number of nitrogens with one attached hydrogen (secondary N) is 1. The van der Waals surface area contributed by atoms with Crippen molar-refractivity contribution in [1.29, 1.82) is 0 Å². The first-order valence-electron chi connectivity index (χ1n) is 9.15. The minimum Gasteiger partial charge on any atom is -0.329 e. The lowest BCUT2D eigenvalue weighted by atomic mass is 9.73. The van der Waals surface area contributed by atoms with Gasteiger partial charge in [0.15, 0.2) is 0 Å². The molecule has 1 N–H and O–H groups in total. The number of aromatic nitrogens is 2. The Morgan fingerprint density at radius 2 is 2.11 bits per heavy atom. The number of likely N-dealkylation sites (tertiary alicyclic amines) is 1. The molecule has 2 aliphatic heterocycles. The highest BCUT2D eigenvalue weighted by Gasteiger charge is 2.59. The number of carbonyl (C=O) groups is 2. The number of nitrogens with zero attached hydrogens (tertiary/aromatic N) is 3. The van der Waals surface area contributed by atoms with E-state index in [4.69, 9.17) is 0 Å². The number of benzene rings is 1. The molecule has 1 fully saturated rings. The summed E-state index contributed by atoms with van der Waals surface area (Å²) in [4.78, 5) is 37.5. The largest absolute Gasteiger partial charge is 0.329 e. The van der Waals surface area contributed by atoms with E-state index in [1.54, 1.807) is 18.6 Å². The molecule has 1 saturated heterocycles. The van der Waals surface area contributed by atoms with E-state index in [0.717, 1.165) is 21.8 Å². The molecule has 2 aliphatic rings. The summed E-state index contributed by atoms with van der Waals surface area (Å²) in [6, 6.07) is 11.1. The van der Waals surface area contributed by atoms with E-state index < -0.39 is 11.5 Å².